The summed E-state index contributed by atoms with van der Waals surface area (Å²) in [6, 6.07) is 8.66. The van der Waals surface area contributed by atoms with Crippen LogP contribution in [0, 0.1) is 5.92 Å². The topological polar surface area (TPSA) is 90.5 Å². The Morgan fingerprint density at radius 1 is 1.24 bits per heavy atom. The van der Waals surface area contributed by atoms with Crippen LogP contribution in [0.15, 0.2) is 30.3 Å². The Hall–Kier alpha value is -2.57. The molecular weight excluding hydrogens is 320 g/mol. The summed E-state index contributed by atoms with van der Waals surface area (Å²) in [5.74, 6) is -0.101. The Balaban J connectivity index is 1.56. The molecule has 0 aromatic heterocycles. The molecule has 1 aliphatic heterocycles. The molecule has 7 heteroatoms. The number of anilines is 1. The number of hydrazine groups is 1. The van der Waals surface area contributed by atoms with Gasteiger partial charge in [-0.1, -0.05) is 31.5 Å². The summed E-state index contributed by atoms with van der Waals surface area (Å²) in [5, 5.41) is 2.83. The molecule has 1 aliphatic carbocycles. The molecule has 3 N–H and O–H groups in total. The molecule has 0 bridgehead atoms. The number of nitrogens with zero attached hydrogens (tertiary/aromatic N) is 1. The van der Waals surface area contributed by atoms with E-state index in [2.05, 4.69) is 23.1 Å². The zero-order valence-electron chi connectivity index (χ0n) is 14.4. The number of imide groups is 1. The van der Waals surface area contributed by atoms with Crippen molar-refractivity contribution in [3.8, 4) is 0 Å². The van der Waals surface area contributed by atoms with Crippen LogP contribution >= 0.6 is 0 Å². The van der Waals surface area contributed by atoms with E-state index >= 15 is 0 Å². The number of para-hydroxylation sites is 1. The SMILES string of the molecule is CCC1CCC2(CC1)NC(=O)N(CC(=O)NNc1ccccc1)C2=O. The summed E-state index contributed by atoms with van der Waals surface area (Å²) in [5.41, 5.74) is 5.19. The quantitative estimate of drug-likeness (QED) is 0.563. The third kappa shape index (κ3) is 3.60. The van der Waals surface area contributed by atoms with E-state index < -0.39 is 17.5 Å². The van der Waals surface area contributed by atoms with Gasteiger partial charge in [0.25, 0.3) is 11.8 Å². The molecular formula is C18H24N4O3. The summed E-state index contributed by atoms with van der Waals surface area (Å²) >= 11 is 0. The van der Waals surface area contributed by atoms with E-state index in [0.717, 1.165) is 29.8 Å². The van der Waals surface area contributed by atoms with Gasteiger partial charge in [0.1, 0.15) is 12.1 Å². The van der Waals surface area contributed by atoms with Crippen molar-refractivity contribution in [1.29, 1.82) is 0 Å². The van der Waals surface area contributed by atoms with Crippen molar-refractivity contribution in [2.45, 2.75) is 44.6 Å². The molecule has 134 valence electrons. The molecule has 2 aliphatic rings. The second-order valence-corrected chi connectivity index (χ2v) is 6.79. The maximum absolute atomic E-state index is 12.7. The number of hydrogen-bond acceptors (Lipinski definition) is 4. The van der Waals surface area contributed by atoms with Gasteiger partial charge in [0.2, 0.25) is 0 Å². The van der Waals surface area contributed by atoms with Gasteiger partial charge in [-0.25, -0.2) is 4.79 Å². The molecule has 2 fully saturated rings. The second-order valence-electron chi connectivity index (χ2n) is 6.79. The third-order valence-electron chi connectivity index (χ3n) is 5.20. The van der Waals surface area contributed by atoms with E-state index in [0.29, 0.717) is 18.8 Å². The third-order valence-corrected chi connectivity index (χ3v) is 5.20. The second kappa shape index (κ2) is 7.13. The van der Waals surface area contributed by atoms with Gasteiger partial charge < -0.3 is 5.32 Å². The predicted octanol–water partition coefficient (Wildman–Crippen LogP) is 2.02. The zero-order chi connectivity index (χ0) is 17.9. The van der Waals surface area contributed by atoms with Crippen LogP contribution in [-0.2, 0) is 9.59 Å². The van der Waals surface area contributed by atoms with Crippen molar-refractivity contribution in [2.75, 3.05) is 12.0 Å². The number of urea groups is 1. The molecule has 1 heterocycles. The number of hydrogen-bond donors (Lipinski definition) is 3. The molecule has 0 atom stereocenters. The van der Waals surface area contributed by atoms with Crippen molar-refractivity contribution in [2.24, 2.45) is 5.92 Å². The molecule has 1 spiro atoms. The van der Waals surface area contributed by atoms with Crippen LogP contribution in [0.2, 0.25) is 0 Å². The van der Waals surface area contributed by atoms with Gasteiger partial charge >= 0.3 is 6.03 Å². The number of rotatable bonds is 5. The minimum absolute atomic E-state index is 0.276. The molecule has 7 nitrogen and oxygen atoms in total. The molecule has 1 aromatic carbocycles. The number of amides is 4. The van der Waals surface area contributed by atoms with Crippen LogP contribution in [0.1, 0.15) is 39.0 Å². The van der Waals surface area contributed by atoms with E-state index in [9.17, 15) is 14.4 Å². The Morgan fingerprint density at radius 2 is 1.92 bits per heavy atom. The fourth-order valence-electron chi connectivity index (χ4n) is 3.58. The first-order valence-electron chi connectivity index (χ1n) is 8.78. The normalized spacial score (nSPS) is 25.8. The molecule has 0 radical (unpaired) electrons. The summed E-state index contributed by atoms with van der Waals surface area (Å²) < 4.78 is 0. The van der Waals surface area contributed by atoms with Gasteiger partial charge in [-0.05, 0) is 43.7 Å². The maximum Gasteiger partial charge on any atom is 0.325 e. The zero-order valence-corrected chi connectivity index (χ0v) is 14.4. The van der Waals surface area contributed by atoms with Crippen molar-refractivity contribution >= 4 is 23.5 Å². The fourth-order valence-corrected chi connectivity index (χ4v) is 3.58. The highest BCUT2D eigenvalue weighted by atomic mass is 16.2. The minimum atomic E-state index is -0.810. The lowest BCUT2D eigenvalue weighted by Crippen LogP contribution is -2.50. The lowest BCUT2D eigenvalue weighted by molar-refractivity contribution is -0.136. The number of carbonyl (C=O) groups is 3. The highest BCUT2D eigenvalue weighted by Crippen LogP contribution is 2.37. The highest BCUT2D eigenvalue weighted by molar-refractivity contribution is 6.09. The molecule has 25 heavy (non-hydrogen) atoms. The lowest BCUT2D eigenvalue weighted by atomic mass is 9.75. The van der Waals surface area contributed by atoms with Gasteiger partial charge in [0.15, 0.2) is 0 Å². The van der Waals surface area contributed by atoms with E-state index in [4.69, 9.17) is 0 Å². The lowest BCUT2D eigenvalue weighted by Gasteiger charge is -2.34. The van der Waals surface area contributed by atoms with E-state index in [1.54, 1.807) is 12.1 Å². The number of nitrogens with one attached hydrogen (secondary N) is 3. The Morgan fingerprint density at radius 3 is 2.56 bits per heavy atom. The maximum atomic E-state index is 12.7. The van der Waals surface area contributed by atoms with Crippen LogP contribution in [-0.4, -0.2) is 34.8 Å². The van der Waals surface area contributed by atoms with Gasteiger partial charge in [0.05, 0.1) is 5.69 Å². The summed E-state index contributed by atoms with van der Waals surface area (Å²) in [7, 11) is 0. The fraction of sp³-hybridized carbons (Fsp3) is 0.500. The van der Waals surface area contributed by atoms with Gasteiger partial charge in [-0.3, -0.25) is 25.3 Å². The molecule has 0 unspecified atom stereocenters. The molecule has 1 saturated carbocycles. The first kappa shape index (κ1) is 17.3. The van der Waals surface area contributed by atoms with Crippen LogP contribution in [0.4, 0.5) is 10.5 Å². The van der Waals surface area contributed by atoms with Crippen molar-refractivity contribution in [3.05, 3.63) is 30.3 Å². The van der Waals surface area contributed by atoms with Crippen LogP contribution in [0.25, 0.3) is 0 Å². The summed E-state index contributed by atoms with van der Waals surface area (Å²) in [4.78, 5) is 38.1. The number of benzene rings is 1. The first-order valence-corrected chi connectivity index (χ1v) is 8.78. The summed E-state index contributed by atoms with van der Waals surface area (Å²) in [6.45, 7) is 1.86. The van der Waals surface area contributed by atoms with E-state index in [-0.39, 0.29) is 12.5 Å². The Kier molecular flexibility index (Phi) is 4.92. The molecule has 1 aromatic rings. The van der Waals surface area contributed by atoms with Gasteiger partial charge in [0, 0.05) is 0 Å². The average Bonchev–Trinajstić information content (AvgIpc) is 2.86. The van der Waals surface area contributed by atoms with E-state index in [1.807, 2.05) is 18.2 Å². The largest absolute Gasteiger partial charge is 0.325 e. The predicted molar refractivity (Wildman–Crippen MR) is 93.4 cm³/mol. The van der Waals surface area contributed by atoms with Crippen molar-refractivity contribution < 1.29 is 14.4 Å². The van der Waals surface area contributed by atoms with Gasteiger partial charge in [-0.15, -0.1) is 0 Å². The molecule has 3 rings (SSSR count). The molecule has 4 amide bonds. The monoisotopic (exact) mass is 344 g/mol. The smallest absolute Gasteiger partial charge is 0.323 e. The standard InChI is InChI=1S/C18H24N4O3/c1-2-13-8-10-18(11-9-13)16(24)22(17(25)19-18)12-15(23)21-20-14-6-4-3-5-7-14/h3-7,13,20H,2,8-12H2,1H3,(H,19,25)(H,21,23). The van der Waals surface area contributed by atoms with Crippen molar-refractivity contribution in [1.82, 2.24) is 15.6 Å². The Bertz CT molecular complexity index is 654. The van der Waals surface area contributed by atoms with Gasteiger partial charge in [-0.2, -0.15) is 0 Å². The minimum Gasteiger partial charge on any atom is -0.323 e. The summed E-state index contributed by atoms with van der Waals surface area (Å²) in [6.07, 6.45) is 4.25. The Labute approximate surface area is 147 Å². The van der Waals surface area contributed by atoms with Crippen LogP contribution in [0.5, 0.6) is 0 Å². The average molecular weight is 344 g/mol. The molecule has 1 saturated heterocycles. The highest BCUT2D eigenvalue weighted by Gasteiger charge is 2.52. The van der Waals surface area contributed by atoms with Crippen molar-refractivity contribution in [3.63, 3.8) is 0 Å². The van der Waals surface area contributed by atoms with E-state index in [1.165, 1.54) is 0 Å². The van der Waals surface area contributed by atoms with Crippen LogP contribution in [0.3, 0.4) is 0 Å². The first-order chi connectivity index (χ1) is 12.0. The number of carbonyl (C=O) groups excluding carboxylic acids is 3. The van der Waals surface area contributed by atoms with Crippen LogP contribution < -0.4 is 16.2 Å².